The van der Waals surface area contributed by atoms with Gasteiger partial charge in [-0.3, -0.25) is 0 Å². The first-order chi connectivity index (χ1) is 13.3. The van der Waals surface area contributed by atoms with Gasteiger partial charge in [-0.2, -0.15) is 0 Å². The molecule has 0 unspecified atom stereocenters. The van der Waals surface area contributed by atoms with Crippen LogP contribution in [0.2, 0.25) is 0 Å². The summed E-state index contributed by atoms with van der Waals surface area (Å²) in [6.07, 6.45) is 0. The first-order valence-electron chi connectivity index (χ1n) is 9.24. The highest BCUT2D eigenvalue weighted by Crippen LogP contribution is 2.35. The summed E-state index contributed by atoms with van der Waals surface area (Å²) in [5, 5.41) is 3.99. The smallest absolute Gasteiger partial charge is 0.119 e. The van der Waals surface area contributed by atoms with Gasteiger partial charge in [0.05, 0.1) is 5.03 Å². The van der Waals surface area contributed by atoms with Crippen LogP contribution in [0.4, 0.5) is 0 Å². The number of rotatable bonds is 8. The lowest BCUT2D eigenvalue weighted by atomic mass is 9.95. The van der Waals surface area contributed by atoms with E-state index in [2.05, 4.69) is 36.5 Å². The second-order valence-electron chi connectivity index (χ2n) is 6.15. The second-order valence-corrected chi connectivity index (χ2v) is 6.53. The van der Waals surface area contributed by atoms with Crippen LogP contribution in [-0.4, -0.2) is 19.7 Å². The third-order valence-electron chi connectivity index (χ3n) is 4.25. The summed E-state index contributed by atoms with van der Waals surface area (Å²) in [6.45, 7) is 4.53. The lowest BCUT2D eigenvalue weighted by molar-refractivity contribution is 0.315. The molecule has 0 aliphatic heterocycles. The maximum atomic E-state index is 6.84. The molecular formula is C24H25Cl2NO. The van der Waals surface area contributed by atoms with Gasteiger partial charge in [0.25, 0.3) is 0 Å². The predicted molar refractivity (Wildman–Crippen MR) is 122 cm³/mol. The summed E-state index contributed by atoms with van der Waals surface area (Å²) >= 11 is 6.84. The number of ether oxygens (including phenoxy) is 1. The largest absolute Gasteiger partial charge is 0.492 e. The average molecular weight is 414 g/mol. The van der Waals surface area contributed by atoms with Gasteiger partial charge >= 0.3 is 0 Å². The van der Waals surface area contributed by atoms with Crippen molar-refractivity contribution in [3.05, 3.63) is 102 Å². The Morgan fingerprint density at radius 2 is 1.32 bits per heavy atom. The topological polar surface area (TPSA) is 21.3 Å². The van der Waals surface area contributed by atoms with Gasteiger partial charge in [0.15, 0.2) is 0 Å². The summed E-state index contributed by atoms with van der Waals surface area (Å²) < 4.78 is 5.78. The van der Waals surface area contributed by atoms with Crippen molar-refractivity contribution in [2.24, 2.45) is 0 Å². The number of halogens is 2. The molecule has 0 aliphatic rings. The van der Waals surface area contributed by atoms with E-state index < -0.39 is 0 Å². The summed E-state index contributed by atoms with van der Waals surface area (Å²) in [5.74, 6) is 0.861. The Hall–Kier alpha value is -2.26. The fraction of sp³-hybridized carbons (Fsp3) is 0.167. The maximum Gasteiger partial charge on any atom is 0.119 e. The first-order valence-corrected chi connectivity index (χ1v) is 9.62. The van der Waals surface area contributed by atoms with E-state index >= 15 is 0 Å². The van der Waals surface area contributed by atoms with Crippen LogP contribution < -0.4 is 10.1 Å². The van der Waals surface area contributed by atoms with Crippen LogP contribution in [-0.2, 0) is 0 Å². The quantitative estimate of drug-likeness (QED) is 0.347. The van der Waals surface area contributed by atoms with E-state index in [0.717, 1.165) is 46.1 Å². The molecule has 3 aromatic rings. The highest BCUT2D eigenvalue weighted by atomic mass is 35.5. The number of nitrogens with one attached hydrogen (secondary N) is 1. The fourth-order valence-electron chi connectivity index (χ4n) is 2.89. The molecule has 0 atom stereocenters. The highest BCUT2D eigenvalue weighted by Gasteiger charge is 2.12. The van der Waals surface area contributed by atoms with Crippen LogP contribution in [0.3, 0.4) is 0 Å². The third-order valence-corrected chi connectivity index (χ3v) is 4.66. The molecule has 0 amide bonds. The van der Waals surface area contributed by atoms with Crippen molar-refractivity contribution in [1.82, 2.24) is 5.32 Å². The van der Waals surface area contributed by atoms with Crippen molar-refractivity contribution >= 4 is 34.6 Å². The van der Waals surface area contributed by atoms with Crippen molar-refractivity contribution in [3.63, 3.8) is 0 Å². The Morgan fingerprint density at radius 3 is 1.89 bits per heavy atom. The molecule has 3 aromatic carbocycles. The van der Waals surface area contributed by atoms with E-state index in [1.165, 1.54) is 0 Å². The molecule has 0 aliphatic carbocycles. The molecule has 3 rings (SSSR count). The van der Waals surface area contributed by atoms with Crippen LogP contribution in [0, 0.1) is 0 Å². The van der Waals surface area contributed by atoms with E-state index in [4.69, 9.17) is 16.3 Å². The Bertz CT molecular complexity index is 862. The number of benzene rings is 3. The number of hydrogen-bond acceptors (Lipinski definition) is 2. The molecule has 146 valence electrons. The van der Waals surface area contributed by atoms with Crippen LogP contribution in [0.25, 0.3) is 10.6 Å². The minimum Gasteiger partial charge on any atom is -0.492 e. The highest BCUT2D eigenvalue weighted by molar-refractivity contribution is 6.53. The van der Waals surface area contributed by atoms with E-state index in [-0.39, 0.29) is 12.4 Å². The minimum absolute atomic E-state index is 0. The van der Waals surface area contributed by atoms with Crippen molar-refractivity contribution in [1.29, 1.82) is 0 Å². The fourth-order valence-corrected chi connectivity index (χ4v) is 3.23. The van der Waals surface area contributed by atoms with Crippen LogP contribution >= 0.6 is 24.0 Å². The second kappa shape index (κ2) is 11.6. The van der Waals surface area contributed by atoms with E-state index in [1.807, 2.05) is 60.7 Å². The molecule has 1 N–H and O–H groups in total. The van der Waals surface area contributed by atoms with Crippen LogP contribution in [0.5, 0.6) is 5.75 Å². The van der Waals surface area contributed by atoms with Crippen LogP contribution in [0.15, 0.2) is 84.9 Å². The molecular weight excluding hydrogens is 389 g/mol. The Morgan fingerprint density at radius 1 is 0.786 bits per heavy atom. The molecule has 0 fully saturated rings. The van der Waals surface area contributed by atoms with Gasteiger partial charge in [0, 0.05) is 12.1 Å². The number of hydrogen-bond donors (Lipinski definition) is 1. The van der Waals surface area contributed by atoms with Gasteiger partial charge < -0.3 is 10.1 Å². The first kappa shape index (κ1) is 22.0. The summed E-state index contributed by atoms with van der Waals surface area (Å²) in [4.78, 5) is 0. The normalized spacial score (nSPS) is 11.4. The zero-order valence-corrected chi connectivity index (χ0v) is 17.5. The molecule has 2 nitrogen and oxygen atoms in total. The minimum atomic E-state index is 0. The molecule has 0 radical (unpaired) electrons. The molecule has 0 bridgehead atoms. The Kier molecular flexibility index (Phi) is 9.09. The van der Waals surface area contributed by atoms with Gasteiger partial charge in [0.1, 0.15) is 12.4 Å². The van der Waals surface area contributed by atoms with Gasteiger partial charge in [-0.25, -0.2) is 0 Å². The van der Waals surface area contributed by atoms with Crippen molar-refractivity contribution in [2.75, 3.05) is 19.7 Å². The maximum absolute atomic E-state index is 6.84. The van der Waals surface area contributed by atoms with Gasteiger partial charge in [-0.1, -0.05) is 91.3 Å². The molecule has 0 saturated carbocycles. The molecule has 4 heteroatoms. The standard InChI is InChI=1S/C24H24ClNO.ClH/c1-2-26-17-18-27-22-15-13-20(14-16-22)23(19-9-5-3-6-10-19)24(25)21-11-7-4-8-12-21;/h3-16,26H,2,17-18H2,1H3;1H/b24-23+;. The molecule has 0 heterocycles. The Labute approximate surface area is 178 Å². The van der Waals surface area contributed by atoms with Crippen molar-refractivity contribution < 1.29 is 4.74 Å². The third kappa shape index (κ3) is 5.87. The zero-order valence-electron chi connectivity index (χ0n) is 15.9. The van der Waals surface area contributed by atoms with E-state index in [9.17, 15) is 0 Å². The lowest BCUT2D eigenvalue weighted by Gasteiger charge is -2.13. The SMILES string of the molecule is CCNCCOc1ccc(/C(=C(/Cl)c2ccccc2)c2ccccc2)cc1.Cl. The molecule has 0 saturated heterocycles. The zero-order chi connectivity index (χ0) is 18.9. The van der Waals surface area contributed by atoms with Crippen molar-refractivity contribution in [3.8, 4) is 5.75 Å². The summed E-state index contributed by atoms with van der Waals surface area (Å²) in [6, 6.07) is 28.4. The van der Waals surface area contributed by atoms with Crippen LogP contribution in [0.1, 0.15) is 23.6 Å². The summed E-state index contributed by atoms with van der Waals surface area (Å²) in [5.41, 5.74) is 4.17. The van der Waals surface area contributed by atoms with Crippen molar-refractivity contribution in [2.45, 2.75) is 6.92 Å². The lowest BCUT2D eigenvalue weighted by Crippen LogP contribution is -2.20. The number of likely N-dealkylation sites (N-methyl/N-ethyl adjacent to an activating group) is 1. The predicted octanol–water partition coefficient (Wildman–Crippen LogP) is 6.25. The van der Waals surface area contributed by atoms with E-state index in [1.54, 1.807) is 0 Å². The Balaban J connectivity index is 0.00000280. The summed E-state index contributed by atoms with van der Waals surface area (Å²) in [7, 11) is 0. The molecule has 28 heavy (non-hydrogen) atoms. The monoisotopic (exact) mass is 413 g/mol. The van der Waals surface area contributed by atoms with E-state index in [0.29, 0.717) is 6.61 Å². The molecule has 0 spiro atoms. The van der Waals surface area contributed by atoms with Gasteiger partial charge in [0.2, 0.25) is 0 Å². The molecule has 0 aromatic heterocycles. The average Bonchev–Trinajstić information content (AvgIpc) is 2.74. The van der Waals surface area contributed by atoms with Gasteiger partial charge in [-0.05, 0) is 35.4 Å². The van der Waals surface area contributed by atoms with Gasteiger partial charge in [-0.15, -0.1) is 12.4 Å².